The molecule has 0 aliphatic heterocycles. The third kappa shape index (κ3) is 2.96. The molecule has 1 unspecified atom stereocenters. The van der Waals surface area contributed by atoms with E-state index in [1.54, 1.807) is 6.92 Å². The normalized spacial score (nSPS) is 12.1. The molecule has 0 radical (unpaired) electrons. The van der Waals surface area contributed by atoms with Gasteiger partial charge in [-0.25, -0.2) is 0 Å². The molecule has 0 rings (SSSR count). The summed E-state index contributed by atoms with van der Waals surface area (Å²) in [6.45, 7) is 5.03. The Morgan fingerprint density at radius 2 is 2.57 bits per heavy atom. The van der Waals surface area contributed by atoms with Gasteiger partial charge < -0.3 is 4.84 Å². The molecule has 0 amide bonds. The van der Waals surface area contributed by atoms with E-state index in [2.05, 4.69) is 16.8 Å². The minimum Gasteiger partial charge on any atom is -0.357 e. The van der Waals surface area contributed by atoms with Crippen LogP contribution in [0.15, 0.2) is 18.0 Å². The van der Waals surface area contributed by atoms with Crippen LogP contribution in [0, 0.1) is 4.91 Å². The quantitative estimate of drug-likeness (QED) is 0.305. The number of hydrogen-bond acceptors (Lipinski definition) is 3. The predicted molar refractivity (Wildman–Crippen MR) is 26.5 cm³/mol. The zero-order valence-electron chi connectivity index (χ0n) is 4.13. The van der Waals surface area contributed by atoms with Crippen molar-refractivity contribution in [1.82, 2.24) is 0 Å². The third-order valence-corrected chi connectivity index (χ3v) is 0.541. The van der Waals surface area contributed by atoms with Crippen LogP contribution in [0.4, 0.5) is 0 Å². The van der Waals surface area contributed by atoms with Crippen LogP contribution in [-0.2, 0) is 4.84 Å². The van der Waals surface area contributed by atoms with Gasteiger partial charge in [-0.1, -0.05) is 6.58 Å². The van der Waals surface area contributed by atoms with Crippen molar-refractivity contribution in [2.24, 2.45) is 5.34 Å². The molecular formula is C4H7NO2. The molecule has 7 heavy (non-hydrogen) atoms. The maximum Gasteiger partial charge on any atom is 0.155 e. The van der Waals surface area contributed by atoms with Crippen LogP contribution in [0.2, 0.25) is 0 Å². The first-order valence-corrected chi connectivity index (χ1v) is 1.92. The van der Waals surface area contributed by atoms with Gasteiger partial charge in [0.05, 0.1) is 0 Å². The molecule has 0 spiro atoms. The Kier molecular flexibility index (Phi) is 2.92. The second kappa shape index (κ2) is 3.33. The van der Waals surface area contributed by atoms with Gasteiger partial charge in [0.15, 0.2) is 5.34 Å². The minimum atomic E-state index is -0.266. The molecule has 0 N–H and O–H groups in total. The lowest BCUT2D eigenvalue weighted by atomic mass is 10.4. The van der Waals surface area contributed by atoms with E-state index in [1.165, 1.54) is 6.08 Å². The maximum absolute atomic E-state index is 9.25. The highest BCUT2D eigenvalue weighted by Gasteiger charge is 1.90. The largest absolute Gasteiger partial charge is 0.357 e. The van der Waals surface area contributed by atoms with E-state index in [4.69, 9.17) is 0 Å². The molecule has 40 valence electrons. The second-order valence-corrected chi connectivity index (χ2v) is 1.12. The molecule has 0 aromatic rings. The van der Waals surface area contributed by atoms with E-state index in [0.717, 1.165) is 0 Å². The van der Waals surface area contributed by atoms with E-state index >= 15 is 0 Å². The molecule has 0 saturated heterocycles. The van der Waals surface area contributed by atoms with Gasteiger partial charge in [0.25, 0.3) is 0 Å². The third-order valence-electron chi connectivity index (χ3n) is 0.541. The summed E-state index contributed by atoms with van der Waals surface area (Å²) in [6.07, 6.45) is 1.22. The molecule has 1 atom stereocenters. The summed E-state index contributed by atoms with van der Waals surface area (Å²) in [5, 5.41) is 2.19. The fourth-order valence-electron chi connectivity index (χ4n) is 0.111. The molecule has 0 saturated carbocycles. The molecule has 3 nitrogen and oxygen atoms in total. The monoisotopic (exact) mass is 101 g/mol. The van der Waals surface area contributed by atoms with E-state index in [9.17, 15) is 4.91 Å². The Balaban J connectivity index is 3.15. The molecule has 0 bridgehead atoms. The Hall–Kier alpha value is -0.860. The summed E-state index contributed by atoms with van der Waals surface area (Å²) in [6, 6.07) is 0. The first kappa shape index (κ1) is 6.14. The lowest BCUT2D eigenvalue weighted by Crippen LogP contribution is -1.95. The zero-order chi connectivity index (χ0) is 5.70. The van der Waals surface area contributed by atoms with Crippen molar-refractivity contribution in [3.05, 3.63) is 17.6 Å². The highest BCUT2D eigenvalue weighted by atomic mass is 16.7. The number of nitrogens with zero attached hydrogens (tertiary/aromatic N) is 1. The summed E-state index contributed by atoms with van der Waals surface area (Å²) in [7, 11) is 0. The van der Waals surface area contributed by atoms with Crippen LogP contribution in [0.3, 0.4) is 0 Å². The molecule has 0 aliphatic carbocycles. The van der Waals surface area contributed by atoms with Crippen molar-refractivity contribution >= 4 is 0 Å². The van der Waals surface area contributed by atoms with Crippen molar-refractivity contribution in [2.45, 2.75) is 13.0 Å². The van der Waals surface area contributed by atoms with Crippen LogP contribution in [0.1, 0.15) is 6.92 Å². The Bertz CT molecular complexity index is 72.1. The first-order valence-electron chi connectivity index (χ1n) is 1.92. The molecule has 0 aliphatic rings. The highest BCUT2D eigenvalue weighted by molar-refractivity contribution is 4.73. The standard InChI is InChI=1S/C4H7NO2/c1-3-4(2)7-5-6/h3-4H,1H2,2H3. The molecule has 0 fully saturated rings. The van der Waals surface area contributed by atoms with Crippen LogP contribution >= 0.6 is 0 Å². The smallest absolute Gasteiger partial charge is 0.155 e. The van der Waals surface area contributed by atoms with Gasteiger partial charge in [0.1, 0.15) is 6.10 Å². The Morgan fingerprint density at radius 3 is 2.71 bits per heavy atom. The van der Waals surface area contributed by atoms with E-state index in [1.807, 2.05) is 0 Å². The van der Waals surface area contributed by atoms with E-state index < -0.39 is 0 Å². The van der Waals surface area contributed by atoms with Gasteiger partial charge >= 0.3 is 0 Å². The van der Waals surface area contributed by atoms with Crippen molar-refractivity contribution < 1.29 is 4.84 Å². The summed E-state index contributed by atoms with van der Waals surface area (Å²) >= 11 is 0. The van der Waals surface area contributed by atoms with Gasteiger partial charge in [-0.05, 0) is 13.0 Å². The van der Waals surface area contributed by atoms with E-state index in [-0.39, 0.29) is 6.10 Å². The SMILES string of the molecule is C=CC(C)ON=O. The molecular weight excluding hydrogens is 94.0 g/mol. The topological polar surface area (TPSA) is 38.7 Å². The fourth-order valence-corrected chi connectivity index (χ4v) is 0.111. The molecule has 0 aromatic carbocycles. The second-order valence-electron chi connectivity index (χ2n) is 1.12. The van der Waals surface area contributed by atoms with Crippen molar-refractivity contribution in [1.29, 1.82) is 0 Å². The zero-order valence-corrected chi connectivity index (χ0v) is 4.13. The van der Waals surface area contributed by atoms with Crippen molar-refractivity contribution in [2.75, 3.05) is 0 Å². The van der Waals surface area contributed by atoms with Gasteiger partial charge in [-0.3, -0.25) is 0 Å². The number of rotatable bonds is 3. The van der Waals surface area contributed by atoms with Gasteiger partial charge in [0, 0.05) is 0 Å². The van der Waals surface area contributed by atoms with Gasteiger partial charge in [-0.2, -0.15) is 0 Å². The van der Waals surface area contributed by atoms with Crippen LogP contribution in [-0.4, -0.2) is 6.10 Å². The van der Waals surface area contributed by atoms with Gasteiger partial charge in [0.2, 0.25) is 0 Å². The van der Waals surface area contributed by atoms with Crippen molar-refractivity contribution in [3.8, 4) is 0 Å². The molecule has 3 heteroatoms. The number of hydrogen-bond donors (Lipinski definition) is 0. The lowest BCUT2D eigenvalue weighted by molar-refractivity contribution is 0.102. The fraction of sp³-hybridized carbons (Fsp3) is 0.500. The summed E-state index contributed by atoms with van der Waals surface area (Å²) in [5.41, 5.74) is 0. The maximum atomic E-state index is 9.25. The highest BCUT2D eigenvalue weighted by Crippen LogP contribution is 1.88. The minimum absolute atomic E-state index is 0.266. The van der Waals surface area contributed by atoms with Crippen LogP contribution < -0.4 is 0 Å². The summed E-state index contributed by atoms with van der Waals surface area (Å²) in [5.74, 6) is 0. The van der Waals surface area contributed by atoms with Crippen molar-refractivity contribution in [3.63, 3.8) is 0 Å². The molecule has 0 heterocycles. The summed E-state index contributed by atoms with van der Waals surface area (Å²) in [4.78, 5) is 13.4. The lowest BCUT2D eigenvalue weighted by Gasteiger charge is -1.95. The van der Waals surface area contributed by atoms with Crippen LogP contribution in [0.5, 0.6) is 0 Å². The summed E-state index contributed by atoms with van der Waals surface area (Å²) < 4.78 is 0. The average Bonchev–Trinajstić information content (AvgIpc) is 1.68. The Morgan fingerprint density at radius 1 is 2.00 bits per heavy atom. The van der Waals surface area contributed by atoms with Gasteiger partial charge in [-0.15, -0.1) is 4.91 Å². The Labute approximate surface area is 41.9 Å². The first-order chi connectivity index (χ1) is 3.31. The average molecular weight is 101 g/mol. The molecule has 0 aromatic heterocycles. The van der Waals surface area contributed by atoms with E-state index in [0.29, 0.717) is 0 Å². The van der Waals surface area contributed by atoms with Crippen LogP contribution in [0.25, 0.3) is 0 Å². The predicted octanol–water partition coefficient (Wildman–Crippen LogP) is 1.26.